The average Bonchev–Trinajstić information content (AvgIpc) is 3.17. The highest BCUT2D eigenvalue weighted by atomic mass is 19.4. The van der Waals surface area contributed by atoms with E-state index in [1.807, 2.05) is 0 Å². The van der Waals surface area contributed by atoms with Gasteiger partial charge in [0.25, 0.3) is 0 Å². The predicted octanol–water partition coefficient (Wildman–Crippen LogP) is 5.03. The van der Waals surface area contributed by atoms with Crippen molar-refractivity contribution in [1.29, 1.82) is 0 Å². The van der Waals surface area contributed by atoms with Crippen LogP contribution in [-0.2, 0) is 17.4 Å². The molecule has 4 nitrogen and oxygen atoms in total. The zero-order chi connectivity index (χ0) is 20.1. The second-order valence-electron chi connectivity index (χ2n) is 7.27. The maximum atomic E-state index is 13.4. The number of halogens is 3. The smallest absolute Gasteiger partial charge is 0.416 e. The van der Waals surface area contributed by atoms with E-state index in [1.54, 1.807) is 24.3 Å². The fraction of sp³-hybridized carbons (Fsp3) is 0.381. The number of aryl methyl sites for hydroxylation is 1. The highest BCUT2D eigenvalue weighted by molar-refractivity contribution is 5.68. The van der Waals surface area contributed by atoms with E-state index in [0.29, 0.717) is 42.1 Å². The minimum atomic E-state index is -4.38. The van der Waals surface area contributed by atoms with Crippen molar-refractivity contribution in [2.75, 3.05) is 6.61 Å². The van der Waals surface area contributed by atoms with Gasteiger partial charge in [0.15, 0.2) is 0 Å². The lowest BCUT2D eigenvalue weighted by molar-refractivity contribution is -0.139. The van der Waals surface area contributed by atoms with Crippen LogP contribution in [0.5, 0.6) is 11.5 Å². The second-order valence-corrected chi connectivity index (χ2v) is 7.27. The molecule has 2 aromatic rings. The van der Waals surface area contributed by atoms with Gasteiger partial charge in [-0.15, -0.1) is 0 Å². The number of carboxylic acids is 1. The highest BCUT2D eigenvalue weighted by Crippen LogP contribution is 2.45. The third-order valence-electron chi connectivity index (χ3n) is 5.41. The van der Waals surface area contributed by atoms with Crippen molar-refractivity contribution in [2.45, 2.75) is 44.4 Å². The number of hydrogen-bond donors (Lipinski definition) is 1. The average molecular weight is 392 g/mol. The fourth-order valence-electron chi connectivity index (χ4n) is 4.17. The molecule has 0 spiro atoms. The summed E-state index contributed by atoms with van der Waals surface area (Å²) in [5.41, 5.74) is 1.38. The summed E-state index contributed by atoms with van der Waals surface area (Å²) < 4.78 is 51.9. The number of carbonyl (C=O) groups is 1. The molecule has 0 aromatic heterocycles. The summed E-state index contributed by atoms with van der Waals surface area (Å²) in [6, 6.07) is 8.39. The standard InChI is InChI=1S/C21H19F3O4/c1-11-2-4-15-16(20(11)21(22,23)24)6-7-17(15)28-13-3-5-14-12(8-19(25)26)10-27-18(14)9-13/h2-5,9,12,17H,6-8,10H2,1H3,(H,25,26). The highest BCUT2D eigenvalue weighted by Gasteiger charge is 2.39. The van der Waals surface area contributed by atoms with Gasteiger partial charge in [-0.25, -0.2) is 0 Å². The van der Waals surface area contributed by atoms with Gasteiger partial charge in [0, 0.05) is 17.5 Å². The molecule has 7 heteroatoms. The van der Waals surface area contributed by atoms with E-state index in [1.165, 1.54) is 13.0 Å². The maximum absolute atomic E-state index is 13.4. The quantitative estimate of drug-likeness (QED) is 0.793. The molecule has 0 bridgehead atoms. The van der Waals surface area contributed by atoms with E-state index < -0.39 is 23.8 Å². The van der Waals surface area contributed by atoms with Crippen molar-refractivity contribution in [3.8, 4) is 11.5 Å². The van der Waals surface area contributed by atoms with Crippen molar-refractivity contribution < 1.29 is 32.5 Å². The van der Waals surface area contributed by atoms with Crippen molar-refractivity contribution in [1.82, 2.24) is 0 Å². The molecule has 2 atom stereocenters. The number of alkyl halides is 3. The molecular formula is C21H19F3O4. The zero-order valence-corrected chi connectivity index (χ0v) is 15.2. The van der Waals surface area contributed by atoms with Gasteiger partial charge < -0.3 is 14.6 Å². The molecule has 0 amide bonds. The first-order valence-corrected chi connectivity index (χ1v) is 9.09. The number of hydrogen-bond acceptors (Lipinski definition) is 3. The molecule has 1 N–H and O–H groups in total. The van der Waals surface area contributed by atoms with E-state index in [0.717, 1.165) is 5.56 Å². The van der Waals surface area contributed by atoms with Crippen molar-refractivity contribution >= 4 is 5.97 Å². The summed E-state index contributed by atoms with van der Waals surface area (Å²) in [6.07, 6.45) is -4.06. The Morgan fingerprint density at radius 1 is 1.25 bits per heavy atom. The lowest BCUT2D eigenvalue weighted by Crippen LogP contribution is -2.12. The lowest BCUT2D eigenvalue weighted by Gasteiger charge is -2.18. The summed E-state index contributed by atoms with van der Waals surface area (Å²) in [4.78, 5) is 10.9. The number of aliphatic carboxylic acids is 1. The summed E-state index contributed by atoms with van der Waals surface area (Å²) in [5, 5.41) is 8.98. The van der Waals surface area contributed by atoms with Gasteiger partial charge in [-0.1, -0.05) is 18.2 Å². The minimum absolute atomic E-state index is 0.0111. The SMILES string of the molecule is Cc1ccc2c(c1C(F)(F)F)CCC2Oc1ccc2c(c1)OCC2CC(=O)O. The Bertz CT molecular complexity index is 936. The first kappa shape index (κ1) is 18.7. The van der Waals surface area contributed by atoms with Crippen molar-refractivity contribution in [3.63, 3.8) is 0 Å². The molecule has 1 heterocycles. The molecule has 0 saturated heterocycles. The summed E-state index contributed by atoms with van der Waals surface area (Å²) in [5.74, 6) is -0.0188. The van der Waals surface area contributed by atoms with Gasteiger partial charge in [0.2, 0.25) is 0 Å². The van der Waals surface area contributed by atoms with E-state index in [2.05, 4.69) is 0 Å². The monoisotopic (exact) mass is 392 g/mol. The molecule has 2 aliphatic rings. The van der Waals surface area contributed by atoms with Gasteiger partial charge in [-0.3, -0.25) is 4.79 Å². The number of ether oxygens (including phenoxy) is 2. The summed E-state index contributed by atoms with van der Waals surface area (Å²) in [6.45, 7) is 1.77. The molecule has 0 radical (unpaired) electrons. The van der Waals surface area contributed by atoms with E-state index in [9.17, 15) is 18.0 Å². The molecule has 148 valence electrons. The molecule has 0 saturated carbocycles. The van der Waals surface area contributed by atoms with Crippen LogP contribution in [0.25, 0.3) is 0 Å². The molecule has 0 fully saturated rings. The molecule has 2 aromatic carbocycles. The molecular weight excluding hydrogens is 373 g/mol. The lowest BCUT2D eigenvalue weighted by atomic mass is 9.97. The number of benzene rings is 2. The Morgan fingerprint density at radius 3 is 2.71 bits per heavy atom. The van der Waals surface area contributed by atoms with Crippen LogP contribution in [0.2, 0.25) is 0 Å². The third-order valence-corrected chi connectivity index (χ3v) is 5.41. The largest absolute Gasteiger partial charge is 0.492 e. The molecule has 4 rings (SSSR count). The van der Waals surface area contributed by atoms with Crippen LogP contribution in [0.1, 0.15) is 52.7 Å². The first-order valence-electron chi connectivity index (χ1n) is 9.09. The molecule has 1 aliphatic carbocycles. The number of carboxylic acid groups (broad SMARTS) is 1. The Hall–Kier alpha value is -2.70. The summed E-state index contributed by atoms with van der Waals surface area (Å²) >= 11 is 0. The predicted molar refractivity (Wildman–Crippen MR) is 94.8 cm³/mol. The molecule has 28 heavy (non-hydrogen) atoms. The van der Waals surface area contributed by atoms with Crippen molar-refractivity contribution in [2.24, 2.45) is 0 Å². The molecule has 2 unspecified atom stereocenters. The van der Waals surface area contributed by atoms with Crippen LogP contribution in [-0.4, -0.2) is 17.7 Å². The number of fused-ring (bicyclic) bond motifs is 2. The number of rotatable bonds is 4. The van der Waals surface area contributed by atoms with Crippen LogP contribution >= 0.6 is 0 Å². The van der Waals surface area contributed by atoms with Crippen LogP contribution in [0.4, 0.5) is 13.2 Å². The normalized spacial score (nSPS) is 20.4. The fourth-order valence-corrected chi connectivity index (χ4v) is 4.17. The third kappa shape index (κ3) is 3.30. The van der Waals surface area contributed by atoms with Gasteiger partial charge in [-0.2, -0.15) is 13.2 Å². The van der Waals surface area contributed by atoms with Gasteiger partial charge >= 0.3 is 12.1 Å². The Kier molecular flexibility index (Phi) is 4.48. The zero-order valence-electron chi connectivity index (χ0n) is 15.2. The van der Waals surface area contributed by atoms with Gasteiger partial charge in [0.1, 0.15) is 17.6 Å². The maximum Gasteiger partial charge on any atom is 0.416 e. The van der Waals surface area contributed by atoms with Gasteiger partial charge in [-0.05, 0) is 42.5 Å². The Labute approximate surface area is 159 Å². The van der Waals surface area contributed by atoms with Crippen LogP contribution in [0.3, 0.4) is 0 Å². The molecule has 1 aliphatic heterocycles. The van der Waals surface area contributed by atoms with Crippen LogP contribution in [0, 0.1) is 6.92 Å². The van der Waals surface area contributed by atoms with Crippen LogP contribution < -0.4 is 9.47 Å². The van der Waals surface area contributed by atoms with E-state index in [4.69, 9.17) is 14.6 Å². The minimum Gasteiger partial charge on any atom is -0.492 e. The van der Waals surface area contributed by atoms with Crippen LogP contribution in [0.15, 0.2) is 30.3 Å². The summed E-state index contributed by atoms with van der Waals surface area (Å²) in [7, 11) is 0. The van der Waals surface area contributed by atoms with Crippen molar-refractivity contribution in [3.05, 3.63) is 58.1 Å². The topological polar surface area (TPSA) is 55.8 Å². The van der Waals surface area contributed by atoms with E-state index in [-0.39, 0.29) is 17.9 Å². The van der Waals surface area contributed by atoms with E-state index >= 15 is 0 Å². The van der Waals surface area contributed by atoms with Gasteiger partial charge in [0.05, 0.1) is 18.6 Å². The Morgan fingerprint density at radius 2 is 2.00 bits per heavy atom. The second kappa shape index (κ2) is 6.72. The first-order chi connectivity index (χ1) is 13.2. The Balaban J connectivity index is 1.58.